The number of thiazole rings is 1. The zero-order valence-corrected chi connectivity index (χ0v) is 16.2. The third kappa shape index (κ3) is 2.90. The average Bonchev–Trinajstić information content (AvgIpc) is 3.23. The Labute approximate surface area is 165 Å². The van der Waals surface area contributed by atoms with E-state index in [0.29, 0.717) is 33.4 Å². The highest BCUT2D eigenvalue weighted by Crippen LogP contribution is 2.35. The van der Waals surface area contributed by atoms with Crippen molar-refractivity contribution in [1.29, 1.82) is 0 Å². The molecule has 0 fully saturated rings. The molecule has 1 aliphatic rings. The molecular formula is C19H12BrN3O3S. The third-order valence-electron chi connectivity index (χ3n) is 4.19. The van der Waals surface area contributed by atoms with E-state index in [2.05, 4.69) is 26.0 Å². The fourth-order valence-corrected chi connectivity index (χ4v) is 4.17. The van der Waals surface area contributed by atoms with Crippen LogP contribution in [-0.2, 0) is 0 Å². The number of aromatic nitrogens is 3. The topological polar surface area (TPSA) is 65.7 Å². The number of halogens is 1. The Bertz CT molecular complexity index is 1270. The number of fused-ring (bicyclic) bond motifs is 2. The lowest BCUT2D eigenvalue weighted by molar-refractivity contribution is 0.0852. The van der Waals surface area contributed by atoms with Gasteiger partial charge in [-0.1, -0.05) is 57.6 Å². The van der Waals surface area contributed by atoms with E-state index in [1.54, 1.807) is 0 Å². The van der Waals surface area contributed by atoms with Crippen LogP contribution >= 0.6 is 27.3 Å². The summed E-state index contributed by atoms with van der Waals surface area (Å²) < 4.78 is 14.5. The summed E-state index contributed by atoms with van der Waals surface area (Å²) in [5.41, 5.74) is 0.738. The highest BCUT2D eigenvalue weighted by molar-refractivity contribution is 9.10. The second kappa shape index (κ2) is 6.47. The third-order valence-corrected chi connectivity index (χ3v) is 5.87. The maximum Gasteiger partial charge on any atom is 0.291 e. The van der Waals surface area contributed by atoms with Crippen LogP contribution in [0.5, 0.6) is 11.5 Å². The van der Waals surface area contributed by atoms with Crippen LogP contribution < -0.4 is 19.6 Å². The molecule has 6 nitrogen and oxygen atoms in total. The van der Waals surface area contributed by atoms with Crippen LogP contribution in [0.1, 0.15) is 17.5 Å². The van der Waals surface area contributed by atoms with Gasteiger partial charge in [-0.05, 0) is 29.8 Å². The number of benzene rings is 2. The van der Waals surface area contributed by atoms with Crippen LogP contribution in [0.25, 0.3) is 11.0 Å². The van der Waals surface area contributed by atoms with E-state index in [-0.39, 0.29) is 5.56 Å². The van der Waals surface area contributed by atoms with E-state index in [1.165, 1.54) is 15.9 Å². The molecule has 8 heteroatoms. The Morgan fingerprint density at radius 1 is 1.15 bits per heavy atom. The van der Waals surface area contributed by atoms with Gasteiger partial charge in [0, 0.05) is 4.47 Å². The number of hydrogen-bond donors (Lipinski definition) is 0. The Morgan fingerprint density at radius 2 is 1.93 bits per heavy atom. The van der Waals surface area contributed by atoms with Crippen molar-refractivity contribution >= 4 is 38.3 Å². The molecule has 0 saturated carbocycles. The van der Waals surface area contributed by atoms with Crippen molar-refractivity contribution in [2.24, 2.45) is 0 Å². The number of para-hydroxylation sites is 2. The van der Waals surface area contributed by atoms with E-state index in [1.807, 2.05) is 54.6 Å². The molecule has 0 bridgehead atoms. The molecule has 4 aromatic rings. The fourth-order valence-electron chi connectivity index (χ4n) is 2.87. The summed E-state index contributed by atoms with van der Waals surface area (Å²) in [6.45, 7) is 0.305. The first-order valence-electron chi connectivity index (χ1n) is 8.23. The molecule has 2 aromatic carbocycles. The lowest BCUT2D eigenvalue weighted by Crippen LogP contribution is -2.26. The van der Waals surface area contributed by atoms with Crippen LogP contribution in [0.2, 0.25) is 0 Å². The summed E-state index contributed by atoms with van der Waals surface area (Å²) in [5, 5.41) is 4.36. The van der Waals surface area contributed by atoms with E-state index in [0.717, 1.165) is 10.0 Å². The molecule has 0 radical (unpaired) electrons. The van der Waals surface area contributed by atoms with E-state index < -0.39 is 6.10 Å². The standard InChI is InChI=1S/C19H12BrN3O3S/c20-12-6-2-1-5-11(12)9-16-18(24)23-19(27-16)21-17(22-23)15-10-25-13-7-3-4-8-14(13)26-15/h1-9,15H,10H2/b16-9-. The number of nitrogens with zero attached hydrogens (tertiary/aromatic N) is 3. The molecule has 1 unspecified atom stereocenters. The Balaban J connectivity index is 1.52. The molecule has 0 amide bonds. The minimum absolute atomic E-state index is 0.193. The van der Waals surface area contributed by atoms with Crippen LogP contribution in [-0.4, -0.2) is 21.2 Å². The summed E-state index contributed by atoms with van der Waals surface area (Å²) in [5.74, 6) is 1.79. The molecule has 5 rings (SSSR count). The van der Waals surface area contributed by atoms with Crippen molar-refractivity contribution < 1.29 is 9.47 Å². The van der Waals surface area contributed by atoms with Crippen LogP contribution in [0.15, 0.2) is 57.8 Å². The maximum absolute atomic E-state index is 12.7. The normalized spacial score (nSPS) is 16.8. The quantitative estimate of drug-likeness (QED) is 0.478. The van der Waals surface area contributed by atoms with Gasteiger partial charge in [0.25, 0.3) is 5.56 Å². The molecule has 0 spiro atoms. The van der Waals surface area contributed by atoms with Crippen LogP contribution in [0.3, 0.4) is 0 Å². The van der Waals surface area contributed by atoms with Crippen molar-refractivity contribution in [1.82, 2.24) is 14.6 Å². The molecule has 1 aliphatic heterocycles. The van der Waals surface area contributed by atoms with Gasteiger partial charge in [-0.3, -0.25) is 4.79 Å². The van der Waals surface area contributed by atoms with Gasteiger partial charge >= 0.3 is 0 Å². The van der Waals surface area contributed by atoms with Crippen LogP contribution in [0.4, 0.5) is 0 Å². The lowest BCUT2D eigenvalue weighted by Gasteiger charge is -2.24. The summed E-state index contributed by atoms with van der Waals surface area (Å²) in [7, 11) is 0. The van der Waals surface area contributed by atoms with Gasteiger partial charge in [-0.25, -0.2) is 0 Å². The van der Waals surface area contributed by atoms with Crippen molar-refractivity contribution in [2.75, 3.05) is 6.61 Å². The minimum Gasteiger partial charge on any atom is -0.485 e. The lowest BCUT2D eigenvalue weighted by atomic mass is 10.2. The van der Waals surface area contributed by atoms with E-state index in [9.17, 15) is 4.79 Å². The smallest absolute Gasteiger partial charge is 0.291 e. The minimum atomic E-state index is -0.443. The van der Waals surface area contributed by atoms with Gasteiger partial charge < -0.3 is 9.47 Å². The molecule has 2 aromatic heterocycles. The first-order chi connectivity index (χ1) is 13.2. The zero-order valence-electron chi connectivity index (χ0n) is 13.8. The van der Waals surface area contributed by atoms with E-state index in [4.69, 9.17) is 9.47 Å². The van der Waals surface area contributed by atoms with Gasteiger partial charge in [0.1, 0.15) is 6.61 Å². The second-order valence-electron chi connectivity index (χ2n) is 5.97. The Morgan fingerprint density at radius 3 is 2.74 bits per heavy atom. The molecule has 3 heterocycles. The highest BCUT2D eigenvalue weighted by atomic mass is 79.9. The predicted molar refractivity (Wildman–Crippen MR) is 105 cm³/mol. The van der Waals surface area contributed by atoms with E-state index >= 15 is 0 Å². The molecule has 1 atom stereocenters. The Kier molecular flexibility index (Phi) is 3.95. The zero-order chi connectivity index (χ0) is 18.4. The van der Waals surface area contributed by atoms with Crippen molar-refractivity contribution in [3.8, 4) is 11.5 Å². The molecular weight excluding hydrogens is 430 g/mol. The summed E-state index contributed by atoms with van der Waals surface area (Å²) in [6.07, 6.45) is 1.39. The van der Waals surface area contributed by atoms with Gasteiger partial charge in [-0.15, -0.1) is 5.10 Å². The molecule has 0 aliphatic carbocycles. The van der Waals surface area contributed by atoms with Gasteiger partial charge in [0.2, 0.25) is 4.96 Å². The van der Waals surface area contributed by atoms with Crippen molar-refractivity contribution in [2.45, 2.75) is 6.10 Å². The number of hydrogen-bond acceptors (Lipinski definition) is 6. The average molecular weight is 442 g/mol. The first-order valence-corrected chi connectivity index (χ1v) is 9.84. The van der Waals surface area contributed by atoms with Crippen molar-refractivity contribution in [3.05, 3.63) is 79.3 Å². The molecule has 0 saturated heterocycles. The van der Waals surface area contributed by atoms with Gasteiger partial charge in [-0.2, -0.15) is 9.50 Å². The summed E-state index contributed by atoms with van der Waals surface area (Å²) >= 11 is 4.79. The largest absolute Gasteiger partial charge is 0.485 e. The predicted octanol–water partition coefficient (Wildman–Crippen LogP) is 2.97. The molecule has 134 valence electrons. The summed E-state index contributed by atoms with van der Waals surface area (Å²) in [6, 6.07) is 15.2. The second-order valence-corrected chi connectivity index (χ2v) is 7.83. The highest BCUT2D eigenvalue weighted by Gasteiger charge is 2.27. The maximum atomic E-state index is 12.7. The van der Waals surface area contributed by atoms with Gasteiger partial charge in [0.05, 0.1) is 4.53 Å². The Hall–Kier alpha value is -2.71. The molecule has 27 heavy (non-hydrogen) atoms. The molecule has 0 N–H and O–H groups in total. The number of rotatable bonds is 2. The fraction of sp³-hybridized carbons (Fsp3) is 0.105. The van der Waals surface area contributed by atoms with Crippen molar-refractivity contribution in [3.63, 3.8) is 0 Å². The van der Waals surface area contributed by atoms with Crippen LogP contribution in [0, 0.1) is 0 Å². The number of ether oxygens (including phenoxy) is 2. The monoisotopic (exact) mass is 441 g/mol. The first kappa shape index (κ1) is 16.5. The SMILES string of the molecule is O=c1/c(=C/c2ccccc2Br)sc2nc(C3COc4ccccc4O3)nn12. The summed E-state index contributed by atoms with van der Waals surface area (Å²) in [4.78, 5) is 17.7. The van der Waals surface area contributed by atoms with Gasteiger partial charge in [0.15, 0.2) is 23.4 Å².